The maximum absolute atomic E-state index is 11.1. The first kappa shape index (κ1) is 13.4. The van der Waals surface area contributed by atoms with E-state index in [1.54, 1.807) is 17.4 Å². The highest BCUT2D eigenvalue weighted by Gasteiger charge is 2.31. The lowest BCUT2D eigenvalue weighted by Crippen LogP contribution is -2.26. The van der Waals surface area contributed by atoms with Crippen molar-refractivity contribution >= 4 is 34.7 Å². The number of aromatic nitrogens is 1. The Kier molecular flexibility index (Phi) is 3.63. The fraction of sp³-hybridized carbons (Fsp3) is 0.286. The van der Waals surface area contributed by atoms with Crippen LogP contribution < -0.4 is 4.90 Å². The highest BCUT2D eigenvalue weighted by molar-refractivity contribution is 7.09. The van der Waals surface area contributed by atoms with Crippen LogP contribution in [0.4, 0.5) is 5.82 Å². The van der Waals surface area contributed by atoms with E-state index in [4.69, 9.17) is 16.7 Å². The summed E-state index contributed by atoms with van der Waals surface area (Å²) in [6.07, 6.45) is 2.23. The predicted molar refractivity (Wildman–Crippen MR) is 79.7 cm³/mol. The molecule has 104 valence electrons. The van der Waals surface area contributed by atoms with Crippen LogP contribution in [0.5, 0.6) is 0 Å². The second-order valence-electron chi connectivity index (χ2n) is 4.78. The SMILES string of the molecule is O=C(O)c1cc(Cl)nc(N(Cc2cccs2)C2CC2)c1. The van der Waals surface area contributed by atoms with Gasteiger partial charge in [0.05, 0.1) is 12.1 Å². The molecule has 0 amide bonds. The maximum atomic E-state index is 11.1. The van der Waals surface area contributed by atoms with E-state index in [0.29, 0.717) is 11.9 Å². The lowest BCUT2D eigenvalue weighted by Gasteiger charge is -2.23. The Bertz CT molecular complexity index is 626. The number of aromatic carboxylic acids is 1. The zero-order valence-corrected chi connectivity index (χ0v) is 12.2. The van der Waals surface area contributed by atoms with E-state index in [1.807, 2.05) is 11.4 Å². The third kappa shape index (κ3) is 2.94. The number of carbonyl (C=O) groups is 1. The van der Waals surface area contributed by atoms with Gasteiger partial charge in [0, 0.05) is 10.9 Å². The summed E-state index contributed by atoms with van der Waals surface area (Å²) >= 11 is 7.63. The molecule has 1 fully saturated rings. The molecule has 2 heterocycles. The molecule has 3 rings (SSSR count). The summed E-state index contributed by atoms with van der Waals surface area (Å²) < 4.78 is 0. The maximum Gasteiger partial charge on any atom is 0.335 e. The molecule has 6 heteroatoms. The topological polar surface area (TPSA) is 53.4 Å². The first-order valence-electron chi connectivity index (χ1n) is 6.33. The van der Waals surface area contributed by atoms with Crippen molar-refractivity contribution in [3.05, 3.63) is 45.2 Å². The molecular formula is C14H13ClN2O2S. The Morgan fingerprint density at radius 2 is 2.30 bits per heavy atom. The van der Waals surface area contributed by atoms with Crippen LogP contribution in [0.25, 0.3) is 0 Å². The molecule has 0 unspecified atom stereocenters. The zero-order valence-electron chi connectivity index (χ0n) is 10.6. The third-order valence-corrected chi connectivity index (χ3v) is 4.27. The lowest BCUT2D eigenvalue weighted by molar-refractivity contribution is 0.0697. The Labute approximate surface area is 125 Å². The summed E-state index contributed by atoms with van der Waals surface area (Å²) in [6.45, 7) is 0.745. The number of halogens is 1. The number of hydrogen-bond donors (Lipinski definition) is 1. The fourth-order valence-corrected chi connectivity index (χ4v) is 3.01. The predicted octanol–water partition coefficient (Wildman–Crippen LogP) is 3.66. The molecular weight excluding hydrogens is 296 g/mol. The summed E-state index contributed by atoms with van der Waals surface area (Å²) in [7, 11) is 0. The Morgan fingerprint density at radius 1 is 1.50 bits per heavy atom. The number of carboxylic acid groups (broad SMARTS) is 1. The number of nitrogens with zero attached hydrogens (tertiary/aromatic N) is 2. The van der Waals surface area contributed by atoms with E-state index in [1.165, 1.54) is 10.9 Å². The van der Waals surface area contributed by atoms with Crippen LogP contribution in [0, 0.1) is 0 Å². The molecule has 4 nitrogen and oxygen atoms in total. The Balaban J connectivity index is 1.93. The minimum absolute atomic E-state index is 0.178. The van der Waals surface area contributed by atoms with Gasteiger partial charge in [-0.25, -0.2) is 9.78 Å². The molecule has 1 saturated carbocycles. The van der Waals surface area contributed by atoms with E-state index < -0.39 is 5.97 Å². The number of anilines is 1. The molecule has 2 aromatic rings. The van der Waals surface area contributed by atoms with Gasteiger partial charge >= 0.3 is 5.97 Å². The second-order valence-corrected chi connectivity index (χ2v) is 6.20. The summed E-state index contributed by atoms with van der Waals surface area (Å²) in [5.74, 6) is -0.340. The van der Waals surface area contributed by atoms with E-state index in [2.05, 4.69) is 16.0 Å². The standard InChI is InChI=1S/C14H13ClN2O2S/c15-12-6-9(14(18)19)7-13(16-12)17(10-3-4-10)8-11-2-1-5-20-11/h1-2,5-7,10H,3-4,8H2,(H,18,19). The molecule has 1 aliphatic carbocycles. The van der Waals surface area contributed by atoms with Crippen LogP contribution >= 0.6 is 22.9 Å². The molecule has 1 aliphatic rings. The Hall–Kier alpha value is -1.59. The molecule has 1 N–H and O–H groups in total. The number of hydrogen-bond acceptors (Lipinski definition) is 4. The van der Waals surface area contributed by atoms with Gasteiger partial charge in [-0.3, -0.25) is 0 Å². The van der Waals surface area contributed by atoms with E-state index in [-0.39, 0.29) is 10.7 Å². The first-order valence-corrected chi connectivity index (χ1v) is 7.59. The highest BCUT2D eigenvalue weighted by Crippen LogP contribution is 2.33. The van der Waals surface area contributed by atoms with Crippen LogP contribution in [-0.2, 0) is 6.54 Å². The smallest absolute Gasteiger partial charge is 0.335 e. The molecule has 20 heavy (non-hydrogen) atoms. The summed E-state index contributed by atoms with van der Waals surface area (Å²) in [5.41, 5.74) is 0.178. The summed E-state index contributed by atoms with van der Waals surface area (Å²) in [6, 6.07) is 7.50. The van der Waals surface area contributed by atoms with E-state index in [0.717, 1.165) is 19.4 Å². The van der Waals surface area contributed by atoms with Gasteiger partial charge in [-0.1, -0.05) is 17.7 Å². The van der Waals surface area contributed by atoms with Gasteiger partial charge in [0.2, 0.25) is 0 Å². The third-order valence-electron chi connectivity index (χ3n) is 3.22. The Morgan fingerprint density at radius 3 is 2.90 bits per heavy atom. The second kappa shape index (κ2) is 5.42. The highest BCUT2D eigenvalue weighted by atomic mass is 35.5. The van der Waals surface area contributed by atoms with Crippen molar-refractivity contribution in [1.82, 2.24) is 4.98 Å². The minimum atomic E-state index is -0.984. The van der Waals surface area contributed by atoms with E-state index in [9.17, 15) is 4.79 Å². The minimum Gasteiger partial charge on any atom is -0.478 e. The van der Waals surface area contributed by atoms with Gasteiger partial charge in [-0.15, -0.1) is 11.3 Å². The van der Waals surface area contributed by atoms with Crippen LogP contribution in [-0.4, -0.2) is 22.1 Å². The molecule has 2 aromatic heterocycles. The van der Waals surface area contributed by atoms with Crippen molar-refractivity contribution in [2.45, 2.75) is 25.4 Å². The largest absolute Gasteiger partial charge is 0.478 e. The molecule has 0 bridgehead atoms. The van der Waals surface area contributed by atoms with Crippen molar-refractivity contribution in [2.24, 2.45) is 0 Å². The van der Waals surface area contributed by atoms with Crippen molar-refractivity contribution < 1.29 is 9.90 Å². The van der Waals surface area contributed by atoms with Crippen LogP contribution in [0.2, 0.25) is 5.15 Å². The van der Waals surface area contributed by atoms with Crippen LogP contribution in [0.15, 0.2) is 29.6 Å². The zero-order chi connectivity index (χ0) is 14.1. The number of pyridine rings is 1. The quantitative estimate of drug-likeness (QED) is 0.856. The summed E-state index contributed by atoms with van der Waals surface area (Å²) in [5, 5.41) is 11.4. The monoisotopic (exact) mass is 308 g/mol. The van der Waals surface area contributed by atoms with Gasteiger partial charge in [0.15, 0.2) is 0 Å². The number of carboxylic acids is 1. The molecule has 0 radical (unpaired) electrons. The van der Waals surface area contributed by atoms with Crippen molar-refractivity contribution in [2.75, 3.05) is 4.90 Å². The average molecular weight is 309 g/mol. The molecule has 0 saturated heterocycles. The first-order chi connectivity index (χ1) is 9.63. The van der Waals surface area contributed by atoms with Gasteiger partial charge in [-0.2, -0.15) is 0 Å². The molecule has 0 atom stereocenters. The molecule has 0 spiro atoms. The van der Waals surface area contributed by atoms with Crippen LogP contribution in [0.1, 0.15) is 28.1 Å². The lowest BCUT2D eigenvalue weighted by atomic mass is 10.2. The molecule has 0 aliphatic heterocycles. The number of thiophene rings is 1. The van der Waals surface area contributed by atoms with Crippen molar-refractivity contribution in [3.63, 3.8) is 0 Å². The molecule has 0 aromatic carbocycles. The fourth-order valence-electron chi connectivity index (χ4n) is 2.11. The summed E-state index contributed by atoms with van der Waals surface area (Å²) in [4.78, 5) is 18.8. The number of rotatable bonds is 5. The van der Waals surface area contributed by atoms with Gasteiger partial charge in [0.1, 0.15) is 11.0 Å². The average Bonchev–Trinajstić information content (AvgIpc) is 3.12. The van der Waals surface area contributed by atoms with E-state index >= 15 is 0 Å². The van der Waals surface area contributed by atoms with Gasteiger partial charge < -0.3 is 10.0 Å². The van der Waals surface area contributed by atoms with Gasteiger partial charge in [0.25, 0.3) is 0 Å². The normalized spacial score (nSPS) is 14.2. The van der Waals surface area contributed by atoms with Gasteiger partial charge in [-0.05, 0) is 36.4 Å². The van der Waals surface area contributed by atoms with Crippen LogP contribution in [0.3, 0.4) is 0 Å². The van der Waals surface area contributed by atoms with Crippen molar-refractivity contribution in [1.29, 1.82) is 0 Å². The van der Waals surface area contributed by atoms with Crippen molar-refractivity contribution in [3.8, 4) is 0 Å².